The maximum Gasteiger partial charge on any atom is 0.329 e. The van der Waals surface area contributed by atoms with E-state index in [-0.39, 0.29) is 32.9 Å². The Morgan fingerprint density at radius 3 is 2.59 bits per heavy atom. The second kappa shape index (κ2) is 7.65. The number of benzene rings is 2. The summed E-state index contributed by atoms with van der Waals surface area (Å²) in [6.07, 6.45) is 0.936. The molecule has 0 fully saturated rings. The molecule has 136 valence electrons. The van der Waals surface area contributed by atoms with E-state index in [1.807, 2.05) is 0 Å². The summed E-state index contributed by atoms with van der Waals surface area (Å²) in [6.45, 7) is 0. The Balaban J connectivity index is 2.09. The zero-order valence-electron chi connectivity index (χ0n) is 13.3. The number of hydrogen-bond donors (Lipinski definition) is 1. The molecule has 2 aromatic carbocycles. The first kappa shape index (κ1) is 18.7. The molecule has 1 aromatic heterocycles. The third kappa shape index (κ3) is 4.02. The molecule has 7 nitrogen and oxygen atoms in total. The number of aromatic nitrogens is 2. The summed E-state index contributed by atoms with van der Waals surface area (Å²) in [6, 6.07) is 9.67. The number of hydrogen-bond acceptors (Lipinski definition) is 6. The van der Waals surface area contributed by atoms with Crippen molar-refractivity contribution >= 4 is 46.2 Å². The van der Waals surface area contributed by atoms with Gasteiger partial charge in [-0.25, -0.2) is 9.37 Å². The fourth-order valence-electron chi connectivity index (χ4n) is 2.31. The molecule has 1 N–H and O–H groups in total. The maximum absolute atomic E-state index is 14.0. The molecule has 0 atom stereocenters. The molecule has 27 heavy (non-hydrogen) atoms. The minimum atomic E-state index is -0.704. The summed E-state index contributed by atoms with van der Waals surface area (Å²) >= 11 is 11.7. The quantitative estimate of drug-likeness (QED) is 0.282. The molecule has 0 bridgehead atoms. The number of nitrogens with zero attached hydrogens (tertiary/aromatic N) is 3. The first-order chi connectivity index (χ1) is 12.9. The number of nitro groups is 1. The van der Waals surface area contributed by atoms with Crippen LogP contribution in [0.15, 0.2) is 48.7 Å². The predicted octanol–water partition coefficient (Wildman–Crippen LogP) is 4.81. The van der Waals surface area contributed by atoms with Crippen molar-refractivity contribution in [1.82, 2.24) is 9.97 Å². The average molecular weight is 407 g/mol. The summed E-state index contributed by atoms with van der Waals surface area (Å²) in [4.78, 5) is 30.6. The lowest BCUT2D eigenvalue weighted by Crippen LogP contribution is -2.09. The van der Waals surface area contributed by atoms with E-state index in [2.05, 4.69) is 15.3 Å². The Morgan fingerprint density at radius 2 is 1.89 bits per heavy atom. The van der Waals surface area contributed by atoms with E-state index in [0.717, 1.165) is 12.3 Å². The molecule has 1 heterocycles. The van der Waals surface area contributed by atoms with Gasteiger partial charge in [-0.1, -0.05) is 23.7 Å². The highest BCUT2D eigenvalue weighted by atomic mass is 35.5. The second-order valence-electron chi connectivity index (χ2n) is 5.25. The molecular weight excluding hydrogens is 398 g/mol. The highest BCUT2D eigenvalue weighted by Crippen LogP contribution is 2.30. The van der Waals surface area contributed by atoms with Gasteiger partial charge in [0.15, 0.2) is 5.78 Å². The lowest BCUT2D eigenvalue weighted by Gasteiger charge is -2.12. The molecule has 0 amide bonds. The highest BCUT2D eigenvalue weighted by Gasteiger charge is 2.22. The van der Waals surface area contributed by atoms with Crippen LogP contribution in [0.5, 0.6) is 0 Å². The van der Waals surface area contributed by atoms with Gasteiger partial charge in [0.05, 0.1) is 16.2 Å². The fraction of sp³-hybridized carbons (Fsp3) is 0. The number of carbonyl (C=O) groups excluding carboxylic acids is 1. The van der Waals surface area contributed by atoms with Crippen molar-refractivity contribution in [2.45, 2.75) is 0 Å². The molecular formula is C17H9Cl2FN4O3. The standard InChI is InChI=1S/C17H9Cl2FN4O3/c18-9-5-6-13(22-16-14(24(26)27)8-21-17(19)23-16)11(7-9)15(25)10-3-1-2-4-12(10)20/h1-8H,(H,21,22,23). The van der Waals surface area contributed by atoms with Crippen molar-refractivity contribution < 1.29 is 14.1 Å². The highest BCUT2D eigenvalue weighted by molar-refractivity contribution is 6.31. The molecule has 0 saturated heterocycles. The van der Waals surface area contributed by atoms with E-state index in [0.29, 0.717) is 0 Å². The predicted molar refractivity (Wildman–Crippen MR) is 98.3 cm³/mol. The van der Waals surface area contributed by atoms with Crippen molar-refractivity contribution in [3.63, 3.8) is 0 Å². The van der Waals surface area contributed by atoms with Gasteiger partial charge in [-0.15, -0.1) is 0 Å². The van der Waals surface area contributed by atoms with Gasteiger partial charge in [-0.2, -0.15) is 4.98 Å². The van der Waals surface area contributed by atoms with Gasteiger partial charge < -0.3 is 5.32 Å². The van der Waals surface area contributed by atoms with Crippen LogP contribution in [0.3, 0.4) is 0 Å². The Morgan fingerprint density at radius 1 is 1.15 bits per heavy atom. The molecule has 10 heteroatoms. The van der Waals surface area contributed by atoms with Crippen LogP contribution in [0.25, 0.3) is 0 Å². The van der Waals surface area contributed by atoms with Crippen molar-refractivity contribution in [3.05, 3.63) is 86.0 Å². The third-order valence-corrected chi connectivity index (χ3v) is 3.95. The van der Waals surface area contributed by atoms with Gasteiger partial charge in [0, 0.05) is 10.6 Å². The van der Waals surface area contributed by atoms with Gasteiger partial charge in [-0.05, 0) is 41.9 Å². The van der Waals surface area contributed by atoms with E-state index in [9.17, 15) is 19.3 Å². The largest absolute Gasteiger partial charge is 0.334 e. The van der Waals surface area contributed by atoms with Gasteiger partial charge >= 0.3 is 5.69 Å². The van der Waals surface area contributed by atoms with E-state index in [4.69, 9.17) is 23.2 Å². The lowest BCUT2D eigenvalue weighted by atomic mass is 10.0. The number of rotatable bonds is 5. The number of anilines is 2. The third-order valence-electron chi connectivity index (χ3n) is 3.53. The first-order valence-corrected chi connectivity index (χ1v) is 8.15. The van der Waals surface area contributed by atoms with Gasteiger partial charge in [0.1, 0.15) is 12.0 Å². The minimum absolute atomic E-state index is 0.0108. The van der Waals surface area contributed by atoms with Gasteiger partial charge in [-0.3, -0.25) is 14.9 Å². The van der Waals surface area contributed by atoms with Crippen LogP contribution < -0.4 is 5.32 Å². The molecule has 0 aliphatic rings. The van der Waals surface area contributed by atoms with Crippen LogP contribution in [-0.4, -0.2) is 20.7 Å². The van der Waals surface area contributed by atoms with Gasteiger partial charge in [0.2, 0.25) is 11.1 Å². The Hall–Kier alpha value is -3.10. The van der Waals surface area contributed by atoms with Crippen molar-refractivity contribution in [1.29, 1.82) is 0 Å². The van der Waals surface area contributed by atoms with E-state index < -0.39 is 22.2 Å². The van der Waals surface area contributed by atoms with Crippen molar-refractivity contribution in [2.24, 2.45) is 0 Å². The molecule has 3 aromatic rings. The summed E-state index contributed by atoms with van der Waals surface area (Å²) in [5, 5.41) is 13.9. The molecule has 3 rings (SSSR count). The van der Waals surface area contributed by atoms with Crippen LogP contribution in [0, 0.1) is 15.9 Å². The molecule has 0 saturated carbocycles. The smallest absolute Gasteiger partial charge is 0.329 e. The average Bonchev–Trinajstić information content (AvgIpc) is 2.63. The first-order valence-electron chi connectivity index (χ1n) is 7.39. The summed E-state index contributed by atoms with van der Waals surface area (Å²) in [5.41, 5.74) is -0.459. The Kier molecular flexibility index (Phi) is 5.29. The summed E-state index contributed by atoms with van der Waals surface area (Å²) < 4.78 is 14.0. The van der Waals surface area contributed by atoms with Crippen LogP contribution >= 0.6 is 23.2 Å². The SMILES string of the molecule is O=C(c1ccccc1F)c1cc(Cl)ccc1Nc1nc(Cl)ncc1[N+](=O)[O-]. The number of halogens is 3. The fourth-order valence-corrected chi connectivity index (χ4v) is 2.62. The monoisotopic (exact) mass is 406 g/mol. The van der Waals surface area contributed by atoms with Crippen molar-refractivity contribution in [2.75, 3.05) is 5.32 Å². The molecule has 0 radical (unpaired) electrons. The summed E-state index contributed by atoms with van der Waals surface area (Å²) in [7, 11) is 0. The van der Waals surface area contributed by atoms with Crippen LogP contribution in [-0.2, 0) is 0 Å². The number of nitrogens with one attached hydrogen (secondary N) is 1. The zero-order chi connectivity index (χ0) is 19.6. The molecule has 0 spiro atoms. The van der Waals surface area contributed by atoms with E-state index in [1.54, 1.807) is 0 Å². The molecule has 0 aliphatic carbocycles. The maximum atomic E-state index is 14.0. The topological polar surface area (TPSA) is 98.0 Å². The van der Waals surface area contributed by atoms with E-state index in [1.165, 1.54) is 36.4 Å². The molecule has 0 unspecified atom stereocenters. The van der Waals surface area contributed by atoms with Crippen molar-refractivity contribution in [3.8, 4) is 0 Å². The molecule has 0 aliphatic heterocycles. The van der Waals surface area contributed by atoms with Crippen LogP contribution in [0.4, 0.5) is 21.6 Å². The van der Waals surface area contributed by atoms with Gasteiger partial charge in [0.25, 0.3) is 0 Å². The second-order valence-corrected chi connectivity index (χ2v) is 6.03. The number of ketones is 1. The lowest BCUT2D eigenvalue weighted by molar-refractivity contribution is -0.384. The van der Waals surface area contributed by atoms with Crippen LogP contribution in [0.2, 0.25) is 10.3 Å². The zero-order valence-corrected chi connectivity index (χ0v) is 14.8. The Labute approximate surface area is 161 Å². The minimum Gasteiger partial charge on any atom is -0.334 e. The normalized spacial score (nSPS) is 10.5. The number of carbonyl (C=O) groups is 1. The van der Waals surface area contributed by atoms with E-state index >= 15 is 0 Å². The summed E-state index contributed by atoms with van der Waals surface area (Å²) in [5.74, 6) is -1.57. The Bertz CT molecular complexity index is 1060. The van der Waals surface area contributed by atoms with Crippen LogP contribution in [0.1, 0.15) is 15.9 Å².